The molecule has 2 aromatic carbocycles. The lowest BCUT2D eigenvalue weighted by Gasteiger charge is -2.12. The number of rotatable bonds is 6. The number of anilines is 3. The van der Waals surface area contributed by atoms with Crippen LogP contribution < -0.4 is 15.4 Å². The summed E-state index contributed by atoms with van der Waals surface area (Å²) >= 11 is 0. The first-order valence-electron chi connectivity index (χ1n) is 7.95. The SMILES string of the molecule is O=C(Nc1ccc(OC(F)F)c(F)c1)c1cccnc1Nc1cccc(F)c1. The van der Waals surface area contributed by atoms with E-state index in [0.717, 1.165) is 12.1 Å². The lowest BCUT2D eigenvalue weighted by molar-refractivity contribution is -0.0521. The molecular weight excluding hydrogens is 378 g/mol. The summed E-state index contributed by atoms with van der Waals surface area (Å²) in [6.07, 6.45) is 1.44. The lowest BCUT2D eigenvalue weighted by Crippen LogP contribution is -2.15. The van der Waals surface area contributed by atoms with Gasteiger partial charge in [0.15, 0.2) is 11.6 Å². The second kappa shape index (κ2) is 8.38. The molecule has 0 atom stereocenters. The van der Waals surface area contributed by atoms with E-state index >= 15 is 0 Å². The van der Waals surface area contributed by atoms with Gasteiger partial charge in [-0.05, 0) is 42.5 Å². The van der Waals surface area contributed by atoms with Gasteiger partial charge >= 0.3 is 6.61 Å². The van der Waals surface area contributed by atoms with Crippen LogP contribution in [0.5, 0.6) is 5.75 Å². The Morgan fingerprint density at radius 2 is 1.82 bits per heavy atom. The lowest BCUT2D eigenvalue weighted by atomic mass is 10.2. The van der Waals surface area contributed by atoms with Gasteiger partial charge in [-0.3, -0.25) is 4.79 Å². The van der Waals surface area contributed by atoms with Crippen LogP contribution in [0, 0.1) is 11.6 Å². The fraction of sp³-hybridized carbons (Fsp3) is 0.0526. The van der Waals surface area contributed by atoms with Gasteiger partial charge < -0.3 is 15.4 Å². The number of aromatic nitrogens is 1. The first kappa shape index (κ1) is 19.2. The van der Waals surface area contributed by atoms with Crippen LogP contribution in [0.4, 0.5) is 34.8 Å². The number of pyridine rings is 1. The molecule has 9 heteroatoms. The van der Waals surface area contributed by atoms with Crippen LogP contribution in [0.3, 0.4) is 0 Å². The van der Waals surface area contributed by atoms with E-state index < -0.39 is 29.9 Å². The van der Waals surface area contributed by atoms with Crippen molar-refractivity contribution >= 4 is 23.1 Å². The summed E-state index contributed by atoms with van der Waals surface area (Å²) in [6.45, 7) is -3.17. The fourth-order valence-corrected chi connectivity index (χ4v) is 2.36. The zero-order valence-electron chi connectivity index (χ0n) is 14.1. The number of hydrogen-bond acceptors (Lipinski definition) is 4. The summed E-state index contributed by atoms with van der Waals surface area (Å²) < 4.78 is 55.5. The first-order valence-corrected chi connectivity index (χ1v) is 7.95. The molecule has 0 bridgehead atoms. The molecule has 0 aliphatic carbocycles. The Balaban J connectivity index is 1.79. The second-order valence-electron chi connectivity index (χ2n) is 5.51. The Kier molecular flexibility index (Phi) is 5.73. The normalized spacial score (nSPS) is 10.6. The van der Waals surface area contributed by atoms with Crippen molar-refractivity contribution in [3.63, 3.8) is 0 Å². The molecule has 0 unspecified atom stereocenters. The van der Waals surface area contributed by atoms with Crippen molar-refractivity contribution in [2.45, 2.75) is 6.61 Å². The Hall–Kier alpha value is -3.62. The molecule has 5 nitrogen and oxygen atoms in total. The minimum atomic E-state index is -3.17. The average Bonchev–Trinajstić information content (AvgIpc) is 2.64. The van der Waals surface area contributed by atoms with Crippen LogP contribution in [0.15, 0.2) is 60.8 Å². The predicted octanol–water partition coefficient (Wildman–Crippen LogP) is 4.96. The largest absolute Gasteiger partial charge is 0.432 e. The molecule has 0 fully saturated rings. The molecule has 0 spiro atoms. The number of amides is 1. The summed E-state index contributed by atoms with van der Waals surface area (Å²) in [4.78, 5) is 16.6. The zero-order valence-corrected chi connectivity index (χ0v) is 14.1. The Morgan fingerprint density at radius 3 is 2.54 bits per heavy atom. The van der Waals surface area contributed by atoms with Gasteiger partial charge in [0.2, 0.25) is 0 Å². The molecule has 28 heavy (non-hydrogen) atoms. The molecule has 1 amide bonds. The zero-order chi connectivity index (χ0) is 20.1. The van der Waals surface area contributed by atoms with E-state index in [4.69, 9.17) is 0 Å². The van der Waals surface area contributed by atoms with Crippen molar-refractivity contribution in [1.82, 2.24) is 4.98 Å². The topological polar surface area (TPSA) is 63.2 Å². The Labute approximate surface area is 157 Å². The van der Waals surface area contributed by atoms with Crippen molar-refractivity contribution in [3.8, 4) is 5.75 Å². The third kappa shape index (κ3) is 4.76. The van der Waals surface area contributed by atoms with E-state index in [9.17, 15) is 22.4 Å². The van der Waals surface area contributed by atoms with Gasteiger partial charge in [0.1, 0.15) is 11.6 Å². The molecule has 0 aliphatic rings. The predicted molar refractivity (Wildman–Crippen MR) is 94.9 cm³/mol. The maximum atomic E-state index is 13.8. The molecule has 1 aromatic heterocycles. The molecule has 144 valence electrons. The minimum Gasteiger partial charge on any atom is -0.432 e. The van der Waals surface area contributed by atoms with Crippen LogP contribution in [0.25, 0.3) is 0 Å². The van der Waals surface area contributed by atoms with Crippen LogP contribution in [0.1, 0.15) is 10.4 Å². The molecule has 3 rings (SSSR count). The van der Waals surface area contributed by atoms with Gasteiger partial charge in [-0.25, -0.2) is 13.8 Å². The Morgan fingerprint density at radius 1 is 1.00 bits per heavy atom. The molecule has 0 saturated heterocycles. The third-order valence-electron chi connectivity index (χ3n) is 3.55. The van der Waals surface area contributed by atoms with Crippen LogP contribution in [0.2, 0.25) is 0 Å². The number of halogens is 4. The summed E-state index contributed by atoms with van der Waals surface area (Å²) in [7, 11) is 0. The highest BCUT2D eigenvalue weighted by atomic mass is 19.3. The summed E-state index contributed by atoms with van der Waals surface area (Å²) in [5, 5.41) is 5.27. The molecule has 0 radical (unpaired) electrons. The summed E-state index contributed by atoms with van der Waals surface area (Å²) in [6, 6.07) is 11.6. The highest BCUT2D eigenvalue weighted by Gasteiger charge is 2.15. The van der Waals surface area contributed by atoms with Crippen molar-refractivity contribution in [1.29, 1.82) is 0 Å². The number of benzene rings is 2. The monoisotopic (exact) mass is 391 g/mol. The van der Waals surface area contributed by atoms with Crippen LogP contribution in [-0.4, -0.2) is 17.5 Å². The van der Waals surface area contributed by atoms with Gasteiger partial charge in [0.05, 0.1) is 5.56 Å². The first-order chi connectivity index (χ1) is 13.4. The standard InChI is InChI=1S/C19H13F4N3O2/c20-11-3-1-4-12(9-11)25-17-14(5-2-8-24-17)18(27)26-13-6-7-16(15(21)10-13)28-19(22)23/h1-10,19H,(H,24,25)(H,26,27). The number of carbonyl (C=O) groups is 1. The van der Waals surface area contributed by atoms with Crippen molar-refractivity contribution in [2.24, 2.45) is 0 Å². The molecule has 0 aliphatic heterocycles. The van der Waals surface area contributed by atoms with Gasteiger partial charge in [-0.15, -0.1) is 0 Å². The van der Waals surface area contributed by atoms with E-state index in [1.165, 1.54) is 42.6 Å². The van der Waals surface area contributed by atoms with Crippen molar-refractivity contribution in [2.75, 3.05) is 10.6 Å². The maximum absolute atomic E-state index is 13.8. The number of nitrogens with one attached hydrogen (secondary N) is 2. The van der Waals surface area contributed by atoms with E-state index in [0.29, 0.717) is 5.69 Å². The second-order valence-corrected chi connectivity index (χ2v) is 5.51. The third-order valence-corrected chi connectivity index (χ3v) is 3.55. The number of alkyl halides is 2. The molecule has 2 N–H and O–H groups in total. The van der Waals surface area contributed by atoms with E-state index in [2.05, 4.69) is 20.4 Å². The highest BCUT2D eigenvalue weighted by molar-refractivity contribution is 6.07. The van der Waals surface area contributed by atoms with Crippen molar-refractivity contribution in [3.05, 3.63) is 78.0 Å². The van der Waals surface area contributed by atoms with Gasteiger partial charge in [0.25, 0.3) is 5.91 Å². The molecule has 3 aromatic rings. The highest BCUT2D eigenvalue weighted by Crippen LogP contribution is 2.24. The quantitative estimate of drug-likeness (QED) is 0.583. The van der Waals surface area contributed by atoms with Crippen LogP contribution >= 0.6 is 0 Å². The van der Waals surface area contributed by atoms with Gasteiger partial charge in [0, 0.05) is 23.6 Å². The van der Waals surface area contributed by atoms with Gasteiger partial charge in [-0.1, -0.05) is 6.07 Å². The number of nitrogens with zero attached hydrogens (tertiary/aromatic N) is 1. The molecule has 1 heterocycles. The van der Waals surface area contributed by atoms with E-state index in [-0.39, 0.29) is 17.1 Å². The Bertz CT molecular complexity index is 998. The van der Waals surface area contributed by atoms with E-state index in [1.807, 2.05) is 0 Å². The van der Waals surface area contributed by atoms with E-state index in [1.54, 1.807) is 6.07 Å². The average molecular weight is 391 g/mol. The smallest absolute Gasteiger partial charge is 0.387 e. The number of carbonyl (C=O) groups excluding carboxylic acids is 1. The van der Waals surface area contributed by atoms with Crippen molar-refractivity contribution < 1.29 is 27.1 Å². The van der Waals surface area contributed by atoms with Crippen LogP contribution in [-0.2, 0) is 0 Å². The molecule has 0 saturated carbocycles. The minimum absolute atomic E-state index is 0.0321. The maximum Gasteiger partial charge on any atom is 0.387 e. The molecular formula is C19H13F4N3O2. The summed E-state index contributed by atoms with van der Waals surface area (Å²) in [5.74, 6) is -2.63. The number of hydrogen-bond donors (Lipinski definition) is 2. The van der Waals surface area contributed by atoms with Gasteiger partial charge in [-0.2, -0.15) is 8.78 Å². The summed E-state index contributed by atoms with van der Waals surface area (Å²) in [5.41, 5.74) is 0.525. The number of ether oxygens (including phenoxy) is 1. The fourth-order valence-electron chi connectivity index (χ4n) is 2.36.